The number of rotatable bonds is 5. The van der Waals surface area contributed by atoms with Gasteiger partial charge in [-0.15, -0.1) is 11.3 Å². The van der Waals surface area contributed by atoms with E-state index in [4.69, 9.17) is 0 Å². The lowest BCUT2D eigenvalue weighted by molar-refractivity contribution is 0.102. The standard InChI is InChI=1S/C25H21N5O2S/c1-3-17-15(2)26-25(28-23(17)31)30-22(14-20(29-30)21-12-7-13-33-21)27-24(32)19-11-6-9-16-8-4-5-10-18(16)19/h4-14H,3H2,1-2H3,(H,27,32)(H,26,28,31). The van der Waals surface area contributed by atoms with Crippen molar-refractivity contribution < 1.29 is 4.79 Å². The minimum atomic E-state index is -0.269. The van der Waals surface area contributed by atoms with Gasteiger partial charge in [0.05, 0.1) is 4.88 Å². The Kier molecular flexibility index (Phi) is 5.35. The lowest BCUT2D eigenvalue weighted by Gasteiger charge is -2.11. The van der Waals surface area contributed by atoms with Gasteiger partial charge in [-0.1, -0.05) is 49.4 Å². The average molecular weight is 456 g/mol. The first-order valence-corrected chi connectivity index (χ1v) is 11.5. The number of fused-ring (bicyclic) bond motifs is 1. The van der Waals surface area contributed by atoms with Gasteiger partial charge in [0, 0.05) is 22.9 Å². The first-order chi connectivity index (χ1) is 16.0. The number of nitrogens with zero attached hydrogens (tertiary/aromatic N) is 3. The zero-order chi connectivity index (χ0) is 22.9. The molecule has 7 nitrogen and oxygen atoms in total. The summed E-state index contributed by atoms with van der Waals surface area (Å²) in [7, 11) is 0. The van der Waals surface area contributed by atoms with Crippen LogP contribution in [-0.2, 0) is 6.42 Å². The highest BCUT2D eigenvalue weighted by Crippen LogP contribution is 2.28. The largest absolute Gasteiger partial charge is 0.306 e. The van der Waals surface area contributed by atoms with Crippen LogP contribution in [0.5, 0.6) is 0 Å². The van der Waals surface area contributed by atoms with Gasteiger partial charge in [0.1, 0.15) is 11.5 Å². The maximum atomic E-state index is 13.3. The second-order valence-corrected chi connectivity index (χ2v) is 8.54. The first kappa shape index (κ1) is 20.8. The molecular weight excluding hydrogens is 434 g/mol. The topological polar surface area (TPSA) is 92.7 Å². The van der Waals surface area contributed by atoms with Crippen LogP contribution >= 0.6 is 11.3 Å². The van der Waals surface area contributed by atoms with Gasteiger partial charge in [-0.05, 0) is 41.6 Å². The number of hydrogen-bond donors (Lipinski definition) is 2. The van der Waals surface area contributed by atoms with E-state index in [0.29, 0.717) is 34.8 Å². The third-order valence-corrected chi connectivity index (χ3v) is 6.42. The van der Waals surface area contributed by atoms with Gasteiger partial charge >= 0.3 is 0 Å². The van der Waals surface area contributed by atoms with Crippen molar-refractivity contribution in [3.05, 3.63) is 93.2 Å². The highest BCUT2D eigenvalue weighted by Gasteiger charge is 2.19. The van der Waals surface area contributed by atoms with Gasteiger partial charge in [-0.3, -0.25) is 14.6 Å². The van der Waals surface area contributed by atoms with Crippen molar-refractivity contribution in [1.29, 1.82) is 0 Å². The van der Waals surface area contributed by atoms with Crippen molar-refractivity contribution in [2.75, 3.05) is 5.32 Å². The van der Waals surface area contributed by atoms with Crippen molar-refractivity contribution in [1.82, 2.24) is 19.7 Å². The molecular formula is C25H21N5O2S. The summed E-state index contributed by atoms with van der Waals surface area (Å²) in [5, 5.41) is 11.4. The Morgan fingerprint density at radius 2 is 1.94 bits per heavy atom. The molecule has 0 unspecified atom stereocenters. The fourth-order valence-corrected chi connectivity index (χ4v) is 4.58. The molecule has 5 rings (SSSR count). The van der Waals surface area contributed by atoms with Crippen LogP contribution < -0.4 is 10.9 Å². The monoisotopic (exact) mass is 455 g/mol. The molecule has 0 saturated heterocycles. The van der Waals surface area contributed by atoms with E-state index >= 15 is 0 Å². The Hall–Kier alpha value is -4.04. The van der Waals surface area contributed by atoms with E-state index in [1.54, 1.807) is 30.4 Å². The van der Waals surface area contributed by atoms with Crippen molar-refractivity contribution >= 4 is 33.8 Å². The molecule has 3 aromatic heterocycles. The number of carbonyl (C=O) groups is 1. The number of hydrogen-bond acceptors (Lipinski definition) is 5. The number of aromatic nitrogens is 4. The smallest absolute Gasteiger partial charge is 0.257 e. The van der Waals surface area contributed by atoms with Crippen LogP contribution in [0.25, 0.3) is 27.3 Å². The van der Waals surface area contributed by atoms with Crippen molar-refractivity contribution in [2.45, 2.75) is 20.3 Å². The predicted molar refractivity (Wildman–Crippen MR) is 131 cm³/mol. The Bertz CT molecular complexity index is 1530. The fraction of sp³-hybridized carbons (Fsp3) is 0.120. The Balaban J connectivity index is 1.61. The van der Waals surface area contributed by atoms with Crippen LogP contribution in [0.15, 0.2) is 70.8 Å². The van der Waals surface area contributed by atoms with Gasteiger partial charge in [0.2, 0.25) is 5.95 Å². The summed E-state index contributed by atoms with van der Waals surface area (Å²) in [5.74, 6) is 0.406. The van der Waals surface area contributed by atoms with E-state index in [9.17, 15) is 9.59 Å². The van der Waals surface area contributed by atoms with E-state index in [0.717, 1.165) is 15.6 Å². The van der Waals surface area contributed by atoms with Crippen molar-refractivity contribution in [3.8, 4) is 16.5 Å². The fourth-order valence-electron chi connectivity index (χ4n) is 3.90. The maximum Gasteiger partial charge on any atom is 0.257 e. The summed E-state index contributed by atoms with van der Waals surface area (Å²) in [6.45, 7) is 3.72. The van der Waals surface area contributed by atoms with Gasteiger partial charge in [0.15, 0.2) is 0 Å². The van der Waals surface area contributed by atoms with Crippen LogP contribution in [0.4, 0.5) is 5.82 Å². The third kappa shape index (κ3) is 3.85. The van der Waals surface area contributed by atoms with Crippen LogP contribution in [0, 0.1) is 6.92 Å². The number of H-pyrrole nitrogens is 1. The molecule has 0 radical (unpaired) electrons. The first-order valence-electron chi connectivity index (χ1n) is 10.6. The molecule has 0 fully saturated rings. The van der Waals surface area contributed by atoms with E-state index < -0.39 is 0 Å². The molecule has 3 heterocycles. The van der Waals surface area contributed by atoms with Crippen molar-refractivity contribution in [3.63, 3.8) is 0 Å². The minimum Gasteiger partial charge on any atom is -0.306 e. The van der Waals surface area contributed by atoms with Crippen LogP contribution in [0.1, 0.15) is 28.5 Å². The summed E-state index contributed by atoms with van der Waals surface area (Å²) < 4.78 is 1.48. The number of thiophene rings is 1. The molecule has 33 heavy (non-hydrogen) atoms. The lowest BCUT2D eigenvalue weighted by atomic mass is 10.0. The molecule has 1 amide bonds. The van der Waals surface area contributed by atoms with E-state index in [1.807, 2.05) is 60.8 Å². The molecule has 2 N–H and O–H groups in total. The van der Waals surface area contributed by atoms with E-state index in [2.05, 4.69) is 20.4 Å². The number of anilines is 1. The molecule has 0 saturated carbocycles. The molecule has 0 aliphatic carbocycles. The average Bonchev–Trinajstić information content (AvgIpc) is 3.48. The molecule has 0 bridgehead atoms. The SMILES string of the molecule is CCc1c(C)nc(-n2nc(-c3cccs3)cc2NC(=O)c2cccc3ccccc23)[nH]c1=O. The number of amides is 1. The Labute approximate surface area is 193 Å². The van der Waals surface area contributed by atoms with Crippen LogP contribution in [0.2, 0.25) is 0 Å². The maximum absolute atomic E-state index is 13.3. The van der Waals surface area contributed by atoms with Gasteiger partial charge in [-0.25, -0.2) is 4.98 Å². The summed E-state index contributed by atoms with van der Waals surface area (Å²) >= 11 is 1.54. The van der Waals surface area contributed by atoms with Crippen molar-refractivity contribution in [2.24, 2.45) is 0 Å². The quantitative estimate of drug-likeness (QED) is 0.392. The van der Waals surface area contributed by atoms with E-state index in [-0.39, 0.29) is 17.4 Å². The van der Waals surface area contributed by atoms with Gasteiger partial charge in [-0.2, -0.15) is 9.78 Å². The summed E-state index contributed by atoms with van der Waals surface area (Å²) in [4.78, 5) is 34.2. The second-order valence-electron chi connectivity index (χ2n) is 7.59. The number of benzene rings is 2. The normalized spacial score (nSPS) is 11.1. The molecule has 164 valence electrons. The minimum absolute atomic E-state index is 0.209. The van der Waals surface area contributed by atoms with Crippen LogP contribution in [0.3, 0.4) is 0 Å². The summed E-state index contributed by atoms with van der Waals surface area (Å²) in [6.07, 6.45) is 0.582. The number of aromatic amines is 1. The highest BCUT2D eigenvalue weighted by atomic mass is 32.1. The zero-order valence-corrected chi connectivity index (χ0v) is 18.9. The molecule has 0 aliphatic rings. The molecule has 0 aliphatic heterocycles. The molecule has 8 heteroatoms. The Morgan fingerprint density at radius 1 is 1.12 bits per heavy atom. The van der Waals surface area contributed by atoms with E-state index in [1.165, 1.54) is 4.68 Å². The molecule has 5 aromatic rings. The molecule has 2 aromatic carbocycles. The predicted octanol–water partition coefficient (Wildman–Crippen LogP) is 4.96. The zero-order valence-electron chi connectivity index (χ0n) is 18.1. The number of aryl methyl sites for hydroxylation is 1. The number of carbonyl (C=O) groups excluding carboxylic acids is 1. The highest BCUT2D eigenvalue weighted by molar-refractivity contribution is 7.13. The third-order valence-electron chi connectivity index (χ3n) is 5.52. The molecule has 0 atom stereocenters. The van der Waals surface area contributed by atoms with Crippen LogP contribution in [-0.4, -0.2) is 25.7 Å². The number of nitrogens with one attached hydrogen (secondary N) is 2. The molecule has 0 spiro atoms. The van der Waals surface area contributed by atoms with Gasteiger partial charge in [0.25, 0.3) is 11.5 Å². The summed E-state index contributed by atoms with van der Waals surface area (Å²) in [6, 6.07) is 19.0. The summed E-state index contributed by atoms with van der Waals surface area (Å²) in [5.41, 5.74) is 2.29. The Morgan fingerprint density at radius 3 is 2.70 bits per heavy atom. The lowest BCUT2D eigenvalue weighted by Crippen LogP contribution is -2.22. The second kappa shape index (κ2) is 8.48. The van der Waals surface area contributed by atoms with Gasteiger partial charge < -0.3 is 5.32 Å².